The van der Waals surface area contributed by atoms with E-state index in [1.165, 1.54) is 0 Å². The fourth-order valence-electron chi connectivity index (χ4n) is 11.0. The second kappa shape index (κ2) is 19.8. The Hall–Kier alpha value is -7.78. The number of pyridine rings is 1. The van der Waals surface area contributed by atoms with E-state index < -0.39 is 90.6 Å². The number of anilines is 4. The summed E-state index contributed by atoms with van der Waals surface area (Å²) in [5.41, 5.74) is 10.2. The van der Waals surface area contributed by atoms with Crippen LogP contribution in [0.5, 0.6) is 0 Å². The van der Waals surface area contributed by atoms with Crippen molar-refractivity contribution in [3.8, 4) is 50.3 Å². The minimum absolute atomic E-state index is 0. The smallest absolute Gasteiger partial charge is 0.135 e. The number of fused-ring (bicyclic) bond motifs is 4. The van der Waals surface area contributed by atoms with Crippen LogP contribution in [-0.4, -0.2) is 9.55 Å². The molecule has 0 spiro atoms. The molecule has 0 saturated heterocycles. The van der Waals surface area contributed by atoms with E-state index in [9.17, 15) is 8.22 Å². The predicted molar refractivity (Wildman–Crippen MR) is 311 cm³/mol. The monoisotopic (exact) mass is 1170 g/mol. The summed E-state index contributed by atoms with van der Waals surface area (Å²) in [6.07, 6.45) is 2.22. The molecule has 1 aliphatic rings. The number of para-hydroxylation sites is 3. The Balaban J connectivity index is 0.00000833. The van der Waals surface area contributed by atoms with Crippen molar-refractivity contribution in [3.63, 3.8) is 0 Å². The zero-order valence-electron chi connectivity index (χ0n) is 57.7. The number of rotatable bonds is 9. The van der Waals surface area contributed by atoms with Crippen molar-refractivity contribution in [2.45, 2.75) is 67.2 Å². The summed E-state index contributed by atoms with van der Waals surface area (Å²) in [6, 6.07) is 30.0. The van der Waals surface area contributed by atoms with E-state index in [4.69, 9.17) is 17.3 Å². The first-order valence-corrected chi connectivity index (χ1v) is 24.6. The van der Waals surface area contributed by atoms with Gasteiger partial charge in [0.1, 0.15) is 5.82 Å². The van der Waals surface area contributed by atoms with E-state index in [0.29, 0.717) is 23.5 Å². The maximum Gasteiger partial charge on any atom is 0.135 e. The number of aryl methyl sites for hydroxylation is 3. The molecule has 2 aromatic heterocycles. The summed E-state index contributed by atoms with van der Waals surface area (Å²) >= 11 is 0. The summed E-state index contributed by atoms with van der Waals surface area (Å²) in [5, 5.41) is 2.07. The van der Waals surface area contributed by atoms with Gasteiger partial charge in [0.25, 0.3) is 0 Å². The third-order valence-corrected chi connectivity index (χ3v) is 14.1. The van der Waals surface area contributed by atoms with Crippen molar-refractivity contribution in [2.75, 3.05) is 9.80 Å². The molecule has 75 heavy (non-hydrogen) atoms. The van der Waals surface area contributed by atoms with E-state index in [1.807, 2.05) is 53.6 Å². The van der Waals surface area contributed by atoms with Crippen molar-refractivity contribution in [3.05, 3.63) is 257 Å². The fraction of sp³-hybridized carbons (Fsp3) is 0.143. The van der Waals surface area contributed by atoms with Crippen molar-refractivity contribution in [2.24, 2.45) is 0 Å². The van der Waals surface area contributed by atoms with Crippen molar-refractivity contribution in [1.29, 1.82) is 0 Å². The molecule has 0 N–H and O–H groups in total. The van der Waals surface area contributed by atoms with E-state index in [2.05, 4.69) is 107 Å². The molecule has 0 unspecified atom stereocenters. The predicted octanol–water partition coefficient (Wildman–Crippen LogP) is 18.3. The van der Waals surface area contributed by atoms with Crippen molar-refractivity contribution in [1.82, 2.24) is 9.55 Å². The quantitative estimate of drug-likeness (QED) is 0.135. The van der Waals surface area contributed by atoms with Crippen LogP contribution in [0.3, 0.4) is 0 Å². The average molecular weight is 1170 g/mol. The van der Waals surface area contributed by atoms with Gasteiger partial charge in [0.2, 0.25) is 0 Å². The molecule has 0 saturated carbocycles. The number of benzene rings is 9. The summed E-state index contributed by atoms with van der Waals surface area (Å²) in [5.74, 6) is 0.768. The number of aromatic nitrogens is 2. The largest absolute Gasteiger partial charge is 0.493 e. The van der Waals surface area contributed by atoms with Gasteiger partial charge in [0.05, 0.1) is 20.6 Å². The average Bonchev–Trinajstić information content (AvgIpc) is 1.06. The summed E-state index contributed by atoms with van der Waals surface area (Å²) in [4.78, 5) is 8.53. The van der Waals surface area contributed by atoms with Gasteiger partial charge in [-0.25, -0.2) is 4.98 Å². The third kappa shape index (κ3) is 8.89. The zero-order valence-corrected chi connectivity index (χ0v) is 45.0. The van der Waals surface area contributed by atoms with Crippen molar-refractivity contribution < 1.29 is 41.6 Å². The second-order valence-electron chi connectivity index (χ2n) is 20.0. The van der Waals surface area contributed by atoms with Gasteiger partial charge in [-0.15, -0.1) is 29.4 Å². The van der Waals surface area contributed by atoms with Gasteiger partial charge in [-0.05, 0) is 138 Å². The van der Waals surface area contributed by atoms with Crippen LogP contribution in [0.15, 0.2) is 194 Å². The van der Waals surface area contributed by atoms with E-state index in [1.54, 1.807) is 31.5 Å². The summed E-state index contributed by atoms with van der Waals surface area (Å²) < 4.78 is 139. The SMILES string of the molecule is [2H]c1c([2H])c([2H])c(-c2c(C)c(-c3c([2H])c([2H])c([2H])c([2H])c3[2H])c(N3[CH-]N(c4[c-]c(Cc5[c-]c6c(cc5)c5ccccc5n6-c5cc(C(C)(C)C)ccn5)cc(-c5c(C)cc(C)cc5C)c4)c4ccccc43)c(-c3c([2H])c([2H])c([2H])c([2H])c3[2H])c2C)c([2H])c1[2H].[Pt]. The first-order chi connectivity index (χ1) is 42.1. The van der Waals surface area contributed by atoms with Gasteiger partial charge in [-0.1, -0.05) is 165 Å². The Bertz CT molecular complexity index is 4670. The zero-order chi connectivity index (χ0) is 63.9. The minimum atomic E-state index is -0.696. The van der Waals surface area contributed by atoms with Crippen molar-refractivity contribution >= 4 is 44.6 Å². The molecule has 0 fully saturated rings. The first-order valence-electron chi connectivity index (χ1n) is 32.1. The van der Waals surface area contributed by atoms with Gasteiger partial charge in [0, 0.05) is 61.0 Å². The van der Waals surface area contributed by atoms with Gasteiger partial charge < -0.3 is 14.4 Å². The summed E-state index contributed by atoms with van der Waals surface area (Å²) in [6.45, 7) is 17.6. The Kier molecular flexibility index (Phi) is 9.16. The fourth-order valence-corrected chi connectivity index (χ4v) is 11.0. The number of nitrogens with zero attached hydrogens (tertiary/aromatic N) is 4. The van der Waals surface area contributed by atoms with Gasteiger partial charge in [-0.3, -0.25) is 0 Å². The van der Waals surface area contributed by atoms with E-state index in [-0.39, 0.29) is 76.7 Å². The molecule has 12 rings (SSSR count). The molecule has 11 aromatic rings. The Labute approximate surface area is 478 Å². The van der Waals surface area contributed by atoms with Gasteiger partial charge in [0.15, 0.2) is 0 Å². The molecule has 3 heterocycles. The molecule has 5 heteroatoms. The first kappa shape index (κ1) is 34.7. The van der Waals surface area contributed by atoms with Crippen LogP contribution in [0, 0.1) is 53.4 Å². The molecule has 9 aromatic carbocycles. The second-order valence-corrected chi connectivity index (χ2v) is 20.0. The maximum atomic E-state index is 9.61. The number of hydrogen-bond acceptors (Lipinski definition) is 3. The van der Waals surface area contributed by atoms with E-state index >= 15 is 0 Å². The molecular formula is C70H59N4Pt-3. The molecular weight excluding hydrogens is 1090 g/mol. The van der Waals surface area contributed by atoms with E-state index in [0.717, 1.165) is 72.1 Å². The molecule has 0 bridgehead atoms. The summed E-state index contributed by atoms with van der Waals surface area (Å²) in [7, 11) is 0. The molecule has 0 atom stereocenters. The van der Waals surface area contributed by atoms with Gasteiger partial charge >= 0.3 is 0 Å². The Morgan fingerprint density at radius 2 is 1.12 bits per heavy atom. The molecule has 4 nitrogen and oxygen atoms in total. The molecule has 0 amide bonds. The van der Waals surface area contributed by atoms with Crippen LogP contribution in [-0.2, 0) is 32.9 Å². The normalized spacial score (nSPS) is 15.2. The Morgan fingerprint density at radius 1 is 0.547 bits per heavy atom. The third-order valence-electron chi connectivity index (χ3n) is 14.1. The Morgan fingerprint density at radius 3 is 1.73 bits per heavy atom. The van der Waals surface area contributed by atoms with Crippen LogP contribution in [0.1, 0.15) is 85.8 Å². The molecule has 0 radical (unpaired) electrons. The maximum absolute atomic E-state index is 9.61. The van der Waals surface area contributed by atoms with Crippen LogP contribution < -0.4 is 9.80 Å². The van der Waals surface area contributed by atoms with Gasteiger partial charge in [-0.2, -0.15) is 41.5 Å². The van der Waals surface area contributed by atoms with Crippen LogP contribution in [0.25, 0.3) is 72.1 Å². The van der Waals surface area contributed by atoms with Crippen LogP contribution in [0.2, 0.25) is 0 Å². The minimum Gasteiger partial charge on any atom is -0.493 e. The standard InChI is InChI=1S/C70H59N4.Pt/c1-45-36-46(2)65(47(3)37-45)55-39-51(38-50-32-33-59-58-28-18-19-29-60(58)74(63(59)41-50)64-43-56(34-35-71-64)70(6,7)8)40-57(42-55)72-44-73(62-31-21-20-30-61(62)72)69-67(53-24-14-10-15-25-53)48(4)66(52-22-12-9-13-23-52)49(5)68(69)54-26-16-11-17-27-54;/h9-37,39,42-44H,38H2,1-8H3;/q-3;/i9D,10D,11D,12D,13D,14D,15D,16D,17D,22D,23D,24D,25D,26D,27D;. The molecule has 372 valence electrons. The topological polar surface area (TPSA) is 24.3 Å². The van der Waals surface area contributed by atoms with Crippen LogP contribution >= 0.6 is 0 Å². The molecule has 1 aliphatic heterocycles. The molecule has 0 aliphatic carbocycles. The van der Waals surface area contributed by atoms with Crippen LogP contribution in [0.4, 0.5) is 22.7 Å². The number of hydrogen-bond donors (Lipinski definition) is 0.